The van der Waals surface area contributed by atoms with E-state index < -0.39 is 9.84 Å². The number of rotatable bonds is 8. The fraction of sp³-hybridized carbons (Fsp3) is 1.00. The van der Waals surface area contributed by atoms with Crippen molar-refractivity contribution in [3.63, 3.8) is 0 Å². The van der Waals surface area contributed by atoms with Crippen LogP contribution in [0.1, 0.15) is 51.9 Å². The molecule has 1 N–H and O–H groups in total. The maximum absolute atomic E-state index is 11.1. The summed E-state index contributed by atoms with van der Waals surface area (Å²) >= 11 is 0. The van der Waals surface area contributed by atoms with Crippen LogP contribution < -0.4 is 5.32 Å². The molecule has 0 amide bonds. The second-order valence-electron chi connectivity index (χ2n) is 5.41. The van der Waals surface area contributed by atoms with Crippen molar-refractivity contribution in [3.05, 3.63) is 0 Å². The van der Waals surface area contributed by atoms with Crippen molar-refractivity contribution in [2.45, 2.75) is 57.9 Å². The molecule has 0 aromatic carbocycles. The van der Waals surface area contributed by atoms with Gasteiger partial charge in [0.25, 0.3) is 0 Å². The molecule has 1 aliphatic carbocycles. The van der Waals surface area contributed by atoms with E-state index in [-0.39, 0.29) is 0 Å². The van der Waals surface area contributed by atoms with Gasteiger partial charge in [0.1, 0.15) is 9.84 Å². The average molecular weight is 261 g/mol. The third-order valence-electron chi connectivity index (χ3n) is 3.65. The van der Waals surface area contributed by atoms with E-state index in [2.05, 4.69) is 12.2 Å². The van der Waals surface area contributed by atoms with Gasteiger partial charge in [-0.1, -0.05) is 32.6 Å². The average Bonchev–Trinajstić information content (AvgIpc) is 2.68. The van der Waals surface area contributed by atoms with Crippen molar-refractivity contribution in [2.24, 2.45) is 5.92 Å². The zero-order valence-electron chi connectivity index (χ0n) is 11.2. The highest BCUT2D eigenvalue weighted by molar-refractivity contribution is 7.90. The molecule has 1 saturated carbocycles. The van der Waals surface area contributed by atoms with Crippen LogP contribution in [0.25, 0.3) is 0 Å². The van der Waals surface area contributed by atoms with Crippen molar-refractivity contribution in [2.75, 3.05) is 18.6 Å². The Morgan fingerprint density at radius 1 is 1.29 bits per heavy atom. The fourth-order valence-corrected chi connectivity index (χ4v) is 3.52. The van der Waals surface area contributed by atoms with Crippen LogP contribution in [-0.4, -0.2) is 33.0 Å². The number of nitrogens with one attached hydrogen (secondary N) is 1. The fourth-order valence-electron chi connectivity index (χ4n) is 2.83. The first kappa shape index (κ1) is 15.0. The minimum atomic E-state index is -2.79. The first-order valence-electron chi connectivity index (χ1n) is 6.92. The van der Waals surface area contributed by atoms with Gasteiger partial charge in [-0.15, -0.1) is 0 Å². The highest BCUT2D eigenvalue weighted by Gasteiger charge is 2.19. The van der Waals surface area contributed by atoms with Crippen molar-refractivity contribution in [1.29, 1.82) is 0 Å². The van der Waals surface area contributed by atoms with Crippen LogP contribution in [-0.2, 0) is 9.84 Å². The van der Waals surface area contributed by atoms with E-state index in [1.807, 2.05) is 0 Å². The van der Waals surface area contributed by atoms with E-state index in [1.165, 1.54) is 38.4 Å². The van der Waals surface area contributed by atoms with Gasteiger partial charge in [-0.2, -0.15) is 0 Å². The number of hydrogen-bond acceptors (Lipinski definition) is 3. The summed E-state index contributed by atoms with van der Waals surface area (Å²) in [5, 5.41) is 3.50. The van der Waals surface area contributed by atoms with Crippen LogP contribution in [0.3, 0.4) is 0 Å². The highest BCUT2D eigenvalue weighted by Crippen LogP contribution is 2.29. The van der Waals surface area contributed by atoms with Gasteiger partial charge in [0.05, 0.1) is 0 Å². The molecule has 1 rings (SSSR count). The van der Waals surface area contributed by atoms with E-state index in [1.54, 1.807) is 0 Å². The lowest BCUT2D eigenvalue weighted by Crippen LogP contribution is -2.31. The van der Waals surface area contributed by atoms with E-state index in [4.69, 9.17) is 0 Å². The molecule has 3 nitrogen and oxygen atoms in total. The normalized spacial score (nSPS) is 19.6. The molecule has 0 saturated heterocycles. The molecule has 0 spiro atoms. The predicted molar refractivity (Wildman–Crippen MR) is 73.0 cm³/mol. The molecule has 1 aliphatic rings. The molecule has 0 heterocycles. The summed E-state index contributed by atoms with van der Waals surface area (Å²) in [4.78, 5) is 0. The molecular weight excluding hydrogens is 234 g/mol. The molecule has 17 heavy (non-hydrogen) atoms. The molecule has 0 radical (unpaired) electrons. The second-order valence-corrected chi connectivity index (χ2v) is 7.67. The lowest BCUT2D eigenvalue weighted by molar-refractivity contribution is 0.374. The van der Waals surface area contributed by atoms with E-state index in [0.29, 0.717) is 11.8 Å². The Morgan fingerprint density at radius 3 is 2.47 bits per heavy atom. The summed E-state index contributed by atoms with van der Waals surface area (Å²) in [6.45, 7) is 3.11. The van der Waals surface area contributed by atoms with Crippen molar-refractivity contribution >= 4 is 9.84 Å². The Balaban J connectivity index is 2.26. The Labute approximate surface area is 106 Å². The molecule has 0 aliphatic heterocycles. The molecule has 1 fully saturated rings. The summed E-state index contributed by atoms with van der Waals surface area (Å²) in [6.07, 6.45) is 9.85. The van der Waals surface area contributed by atoms with Crippen LogP contribution in [0.15, 0.2) is 0 Å². The predicted octanol–water partition coefficient (Wildman–Crippen LogP) is 2.37. The Morgan fingerprint density at radius 2 is 1.94 bits per heavy atom. The molecule has 0 aromatic heterocycles. The van der Waals surface area contributed by atoms with Gasteiger partial charge in [0.2, 0.25) is 0 Å². The summed E-state index contributed by atoms with van der Waals surface area (Å²) < 4.78 is 22.2. The minimum Gasteiger partial charge on any atom is -0.314 e. The van der Waals surface area contributed by atoms with E-state index in [0.717, 1.165) is 25.3 Å². The molecule has 1 unspecified atom stereocenters. The molecule has 0 bridgehead atoms. The van der Waals surface area contributed by atoms with Crippen molar-refractivity contribution in [3.8, 4) is 0 Å². The number of hydrogen-bond donors (Lipinski definition) is 1. The Bertz CT molecular complexity index is 295. The van der Waals surface area contributed by atoms with Gasteiger partial charge < -0.3 is 5.32 Å². The lowest BCUT2D eigenvalue weighted by atomic mass is 9.96. The van der Waals surface area contributed by atoms with Gasteiger partial charge in [-0.3, -0.25) is 0 Å². The van der Waals surface area contributed by atoms with Crippen LogP contribution >= 0.6 is 0 Å². The zero-order valence-corrected chi connectivity index (χ0v) is 12.1. The maximum Gasteiger partial charge on any atom is 0.147 e. The van der Waals surface area contributed by atoms with Crippen molar-refractivity contribution < 1.29 is 8.42 Å². The summed E-state index contributed by atoms with van der Waals surface area (Å²) in [5.41, 5.74) is 0. The van der Waals surface area contributed by atoms with Gasteiger partial charge in [-0.05, 0) is 31.7 Å². The minimum absolute atomic E-state index is 0.333. The Kier molecular flexibility index (Phi) is 6.49. The smallest absolute Gasteiger partial charge is 0.147 e. The van der Waals surface area contributed by atoms with Crippen LogP contribution in [0.4, 0.5) is 0 Å². The summed E-state index contributed by atoms with van der Waals surface area (Å²) in [5.74, 6) is 1.21. The van der Waals surface area contributed by atoms with E-state index >= 15 is 0 Å². The first-order valence-corrected chi connectivity index (χ1v) is 8.98. The van der Waals surface area contributed by atoms with Gasteiger partial charge >= 0.3 is 0 Å². The lowest BCUT2D eigenvalue weighted by Gasteiger charge is -2.21. The topological polar surface area (TPSA) is 46.2 Å². The zero-order chi connectivity index (χ0) is 12.7. The van der Waals surface area contributed by atoms with Crippen LogP contribution in [0, 0.1) is 5.92 Å². The summed E-state index contributed by atoms with van der Waals surface area (Å²) in [6, 6.07) is 0.518. The Hall–Kier alpha value is -0.0900. The monoisotopic (exact) mass is 261 g/mol. The SMILES string of the molecule is CCNC(CCCS(C)(=O)=O)CC1CCCC1. The second kappa shape index (κ2) is 7.37. The number of sulfone groups is 1. The van der Waals surface area contributed by atoms with Crippen LogP contribution in [0.5, 0.6) is 0 Å². The molecule has 1 atom stereocenters. The van der Waals surface area contributed by atoms with Crippen molar-refractivity contribution in [1.82, 2.24) is 5.32 Å². The van der Waals surface area contributed by atoms with Gasteiger partial charge in [0.15, 0.2) is 0 Å². The van der Waals surface area contributed by atoms with Crippen LogP contribution in [0.2, 0.25) is 0 Å². The standard InChI is InChI=1S/C13H27NO2S/c1-3-14-13(9-6-10-17(2,15)16)11-12-7-4-5-8-12/h12-14H,3-11H2,1-2H3. The molecule has 102 valence electrons. The third kappa shape index (κ3) is 7.04. The maximum atomic E-state index is 11.1. The molecule has 0 aromatic rings. The first-order chi connectivity index (χ1) is 8.01. The molecular formula is C13H27NO2S. The van der Waals surface area contributed by atoms with Gasteiger partial charge in [-0.25, -0.2) is 8.42 Å². The molecule has 4 heteroatoms. The largest absolute Gasteiger partial charge is 0.314 e. The highest BCUT2D eigenvalue weighted by atomic mass is 32.2. The summed E-state index contributed by atoms with van der Waals surface area (Å²) in [7, 11) is -2.79. The van der Waals surface area contributed by atoms with Gasteiger partial charge in [0, 0.05) is 18.1 Å². The quantitative estimate of drug-likeness (QED) is 0.729. The van der Waals surface area contributed by atoms with E-state index in [9.17, 15) is 8.42 Å². The third-order valence-corrected chi connectivity index (χ3v) is 4.68.